The van der Waals surface area contributed by atoms with Crippen LogP contribution >= 0.6 is 15.9 Å². The van der Waals surface area contributed by atoms with Crippen LogP contribution in [0.25, 0.3) is 0 Å². The van der Waals surface area contributed by atoms with Gasteiger partial charge in [0.25, 0.3) is 0 Å². The number of hydrogen-bond acceptors (Lipinski definition) is 0. The summed E-state index contributed by atoms with van der Waals surface area (Å²) < 4.78 is 0. The van der Waals surface area contributed by atoms with E-state index in [0.29, 0.717) is 10.7 Å². The number of rotatable bonds is 14. The Bertz CT molecular complexity index is 373. The van der Waals surface area contributed by atoms with Crippen LogP contribution in [0.3, 0.4) is 0 Å². The van der Waals surface area contributed by atoms with Gasteiger partial charge in [-0.1, -0.05) is 125 Å². The SMILES string of the molecule is CCCCCCCC(C)c1ccccc1C(Br)CCCCCCC. The van der Waals surface area contributed by atoms with E-state index in [4.69, 9.17) is 0 Å². The minimum atomic E-state index is 0.526. The zero-order valence-corrected chi connectivity index (χ0v) is 17.9. The highest BCUT2D eigenvalue weighted by atomic mass is 79.9. The lowest BCUT2D eigenvalue weighted by Gasteiger charge is -2.20. The molecule has 0 fully saturated rings. The second-order valence-electron chi connectivity index (χ2n) is 7.40. The third-order valence-corrected chi connectivity index (χ3v) is 6.12. The molecule has 0 amide bonds. The highest BCUT2D eigenvalue weighted by Gasteiger charge is 2.15. The van der Waals surface area contributed by atoms with Gasteiger partial charge in [-0.05, 0) is 29.9 Å². The van der Waals surface area contributed by atoms with E-state index < -0.39 is 0 Å². The van der Waals surface area contributed by atoms with Crippen LogP contribution in [0.4, 0.5) is 0 Å². The van der Waals surface area contributed by atoms with Crippen LogP contribution in [-0.2, 0) is 0 Å². The maximum absolute atomic E-state index is 3.98. The first-order valence-electron chi connectivity index (χ1n) is 10.4. The molecule has 0 saturated carbocycles. The van der Waals surface area contributed by atoms with Crippen molar-refractivity contribution in [1.82, 2.24) is 0 Å². The van der Waals surface area contributed by atoms with E-state index in [1.54, 1.807) is 5.56 Å². The van der Waals surface area contributed by atoms with E-state index in [9.17, 15) is 0 Å². The lowest BCUT2D eigenvalue weighted by molar-refractivity contribution is 0.561. The van der Waals surface area contributed by atoms with Crippen LogP contribution in [0.1, 0.15) is 120 Å². The first kappa shape index (κ1) is 21.7. The number of benzene rings is 1. The summed E-state index contributed by atoms with van der Waals surface area (Å²) in [5.74, 6) is 0.683. The molecule has 2 unspecified atom stereocenters. The van der Waals surface area contributed by atoms with Crippen LogP contribution in [0.15, 0.2) is 24.3 Å². The Labute approximate surface area is 160 Å². The third kappa shape index (κ3) is 8.70. The van der Waals surface area contributed by atoms with E-state index in [-0.39, 0.29) is 0 Å². The highest BCUT2D eigenvalue weighted by molar-refractivity contribution is 9.09. The normalized spacial score (nSPS) is 13.8. The van der Waals surface area contributed by atoms with Crippen LogP contribution in [0, 0.1) is 0 Å². The van der Waals surface area contributed by atoms with Gasteiger partial charge in [-0.15, -0.1) is 0 Å². The van der Waals surface area contributed by atoms with E-state index in [0.717, 1.165) is 0 Å². The zero-order chi connectivity index (χ0) is 17.6. The maximum Gasteiger partial charge on any atom is 0.0398 e. The summed E-state index contributed by atoms with van der Waals surface area (Å²) in [5.41, 5.74) is 3.11. The van der Waals surface area contributed by atoms with Crippen LogP contribution in [0.2, 0.25) is 0 Å². The predicted molar refractivity (Wildman–Crippen MR) is 113 cm³/mol. The molecule has 1 aromatic rings. The van der Waals surface area contributed by atoms with Gasteiger partial charge in [0.2, 0.25) is 0 Å². The lowest BCUT2D eigenvalue weighted by atomic mass is 9.89. The van der Waals surface area contributed by atoms with Gasteiger partial charge in [0.05, 0.1) is 0 Å². The fourth-order valence-electron chi connectivity index (χ4n) is 3.54. The van der Waals surface area contributed by atoms with Crippen molar-refractivity contribution in [2.75, 3.05) is 0 Å². The molecule has 0 saturated heterocycles. The Morgan fingerprint density at radius 3 is 1.79 bits per heavy atom. The molecule has 1 rings (SSSR count). The van der Waals surface area contributed by atoms with Gasteiger partial charge in [0.1, 0.15) is 0 Å². The summed E-state index contributed by atoms with van der Waals surface area (Å²) in [6.45, 7) is 6.99. The number of unbranched alkanes of at least 4 members (excludes halogenated alkanes) is 8. The standard InChI is InChI=1S/C23H39Br/c1-4-6-8-10-12-16-20(3)21-17-14-15-18-22(21)23(24)19-13-11-9-7-5-2/h14-15,17-18,20,23H,4-13,16,19H2,1-3H3. The van der Waals surface area contributed by atoms with E-state index in [1.165, 1.54) is 82.6 Å². The molecule has 0 aliphatic carbocycles. The summed E-state index contributed by atoms with van der Waals surface area (Å²) >= 11 is 3.98. The quantitative estimate of drug-likeness (QED) is 0.218. The fourth-order valence-corrected chi connectivity index (χ4v) is 4.28. The van der Waals surface area contributed by atoms with Crippen molar-refractivity contribution in [3.8, 4) is 0 Å². The molecule has 0 spiro atoms. The average Bonchev–Trinajstić information content (AvgIpc) is 2.61. The fraction of sp³-hybridized carbons (Fsp3) is 0.739. The van der Waals surface area contributed by atoms with Crippen molar-refractivity contribution in [1.29, 1.82) is 0 Å². The summed E-state index contributed by atoms with van der Waals surface area (Å²) in [4.78, 5) is 0.526. The lowest BCUT2D eigenvalue weighted by Crippen LogP contribution is -2.02. The summed E-state index contributed by atoms with van der Waals surface area (Å²) in [7, 11) is 0. The molecule has 0 nitrogen and oxygen atoms in total. The van der Waals surface area contributed by atoms with Crippen molar-refractivity contribution in [3.05, 3.63) is 35.4 Å². The Morgan fingerprint density at radius 1 is 0.708 bits per heavy atom. The number of halogens is 1. The van der Waals surface area contributed by atoms with E-state index >= 15 is 0 Å². The Morgan fingerprint density at radius 2 is 1.21 bits per heavy atom. The molecular formula is C23H39Br. The van der Waals surface area contributed by atoms with Gasteiger partial charge in [-0.25, -0.2) is 0 Å². The smallest absolute Gasteiger partial charge is 0.0398 e. The number of hydrogen-bond donors (Lipinski definition) is 0. The molecule has 1 heteroatoms. The molecule has 0 N–H and O–H groups in total. The third-order valence-electron chi connectivity index (χ3n) is 5.17. The molecule has 0 heterocycles. The van der Waals surface area contributed by atoms with Gasteiger partial charge < -0.3 is 0 Å². The van der Waals surface area contributed by atoms with E-state index in [2.05, 4.69) is 61.0 Å². The molecule has 0 aliphatic heterocycles. The first-order valence-corrected chi connectivity index (χ1v) is 11.3. The topological polar surface area (TPSA) is 0 Å². The Kier molecular flexibility index (Phi) is 12.6. The van der Waals surface area contributed by atoms with Crippen LogP contribution in [0.5, 0.6) is 0 Å². The molecule has 1 aromatic carbocycles. The van der Waals surface area contributed by atoms with Crippen molar-refractivity contribution in [2.24, 2.45) is 0 Å². The van der Waals surface area contributed by atoms with Crippen molar-refractivity contribution in [2.45, 2.75) is 109 Å². The molecule has 0 bridgehead atoms. The Hall–Kier alpha value is -0.300. The van der Waals surface area contributed by atoms with Crippen molar-refractivity contribution < 1.29 is 0 Å². The minimum absolute atomic E-state index is 0.526. The first-order chi connectivity index (χ1) is 11.7. The second kappa shape index (κ2) is 13.9. The molecule has 0 aromatic heterocycles. The van der Waals surface area contributed by atoms with Crippen molar-refractivity contribution >= 4 is 15.9 Å². The van der Waals surface area contributed by atoms with E-state index in [1.807, 2.05) is 0 Å². The van der Waals surface area contributed by atoms with Crippen LogP contribution in [-0.4, -0.2) is 0 Å². The number of alkyl halides is 1. The van der Waals surface area contributed by atoms with Gasteiger partial charge in [-0.2, -0.15) is 0 Å². The predicted octanol–water partition coefficient (Wildman–Crippen LogP) is 8.95. The van der Waals surface area contributed by atoms with Crippen LogP contribution < -0.4 is 0 Å². The molecule has 0 radical (unpaired) electrons. The molecule has 138 valence electrons. The molecular weight excluding hydrogens is 356 g/mol. The highest BCUT2D eigenvalue weighted by Crippen LogP contribution is 2.35. The Balaban J connectivity index is 2.47. The van der Waals surface area contributed by atoms with Gasteiger partial charge in [0.15, 0.2) is 0 Å². The summed E-state index contributed by atoms with van der Waals surface area (Å²) in [6, 6.07) is 9.12. The summed E-state index contributed by atoms with van der Waals surface area (Å²) in [6.07, 6.45) is 16.3. The maximum atomic E-state index is 3.98. The van der Waals surface area contributed by atoms with Crippen molar-refractivity contribution in [3.63, 3.8) is 0 Å². The molecule has 2 atom stereocenters. The van der Waals surface area contributed by atoms with Gasteiger partial charge in [0, 0.05) is 4.83 Å². The largest absolute Gasteiger partial charge is 0.0839 e. The minimum Gasteiger partial charge on any atom is -0.0839 e. The summed E-state index contributed by atoms with van der Waals surface area (Å²) in [5, 5.41) is 0. The van der Waals surface area contributed by atoms with Gasteiger partial charge in [-0.3, -0.25) is 0 Å². The molecule has 0 aliphatic rings. The average molecular weight is 395 g/mol. The second-order valence-corrected chi connectivity index (χ2v) is 8.51. The zero-order valence-electron chi connectivity index (χ0n) is 16.3. The molecule has 24 heavy (non-hydrogen) atoms. The van der Waals surface area contributed by atoms with Gasteiger partial charge >= 0.3 is 0 Å². The monoisotopic (exact) mass is 394 g/mol.